The predicted molar refractivity (Wildman–Crippen MR) is 106 cm³/mol. The van der Waals surface area contributed by atoms with Crippen LogP contribution in [-0.2, 0) is 0 Å². The minimum absolute atomic E-state index is 0.182. The molecule has 0 saturated carbocycles. The summed E-state index contributed by atoms with van der Waals surface area (Å²) >= 11 is 0. The zero-order chi connectivity index (χ0) is 19.6. The number of rotatable bonds is 5. The van der Waals surface area contributed by atoms with Gasteiger partial charge in [-0.25, -0.2) is 4.98 Å². The van der Waals surface area contributed by atoms with Gasteiger partial charge in [0.1, 0.15) is 0 Å². The van der Waals surface area contributed by atoms with Crippen molar-refractivity contribution in [1.29, 1.82) is 0 Å². The van der Waals surface area contributed by atoms with Crippen molar-refractivity contribution < 1.29 is 9.59 Å². The Bertz CT molecular complexity index is 1000. The van der Waals surface area contributed by atoms with Crippen LogP contribution < -0.4 is 10.6 Å². The average Bonchev–Trinajstić information content (AvgIpc) is 3.03. The van der Waals surface area contributed by atoms with Gasteiger partial charge in [0.15, 0.2) is 5.69 Å². The van der Waals surface area contributed by atoms with Gasteiger partial charge in [0.25, 0.3) is 11.8 Å². The van der Waals surface area contributed by atoms with Crippen LogP contribution in [0.5, 0.6) is 0 Å². The summed E-state index contributed by atoms with van der Waals surface area (Å²) in [6, 6.07) is 11.2. The highest BCUT2D eigenvalue weighted by atomic mass is 16.2. The number of nitrogens with one attached hydrogen (secondary N) is 2. The minimum atomic E-state index is -0.354. The van der Waals surface area contributed by atoms with Gasteiger partial charge < -0.3 is 10.6 Å². The molecule has 1 aromatic carbocycles. The van der Waals surface area contributed by atoms with Crippen molar-refractivity contribution in [2.45, 2.75) is 27.7 Å². The highest BCUT2D eigenvalue weighted by molar-refractivity contribution is 6.06. The first-order chi connectivity index (χ1) is 12.9. The van der Waals surface area contributed by atoms with E-state index in [1.54, 1.807) is 22.7 Å². The van der Waals surface area contributed by atoms with E-state index in [0.717, 1.165) is 16.8 Å². The lowest BCUT2D eigenvalue weighted by Crippen LogP contribution is -2.27. The van der Waals surface area contributed by atoms with Crippen LogP contribution in [0, 0.1) is 19.8 Å². The van der Waals surface area contributed by atoms with Crippen molar-refractivity contribution >= 4 is 23.0 Å². The van der Waals surface area contributed by atoms with Crippen LogP contribution in [0.25, 0.3) is 5.52 Å². The van der Waals surface area contributed by atoms with Crippen molar-refractivity contribution in [2.75, 3.05) is 11.9 Å². The number of carbonyl (C=O) groups is 2. The summed E-state index contributed by atoms with van der Waals surface area (Å²) in [5.41, 5.74) is 3.68. The molecule has 0 spiro atoms. The van der Waals surface area contributed by atoms with E-state index in [4.69, 9.17) is 0 Å². The highest BCUT2D eigenvalue weighted by Crippen LogP contribution is 2.20. The van der Waals surface area contributed by atoms with Crippen LogP contribution in [0.4, 0.5) is 5.69 Å². The second kappa shape index (κ2) is 7.61. The highest BCUT2D eigenvalue weighted by Gasteiger charge is 2.22. The Kier molecular flexibility index (Phi) is 5.26. The van der Waals surface area contributed by atoms with Crippen LogP contribution in [-0.4, -0.2) is 27.7 Å². The second-order valence-electron chi connectivity index (χ2n) is 7.05. The molecule has 0 saturated heterocycles. The molecule has 0 bridgehead atoms. The molecule has 0 atom stereocenters. The van der Waals surface area contributed by atoms with Crippen LogP contribution in [0.2, 0.25) is 0 Å². The monoisotopic (exact) mass is 364 g/mol. The van der Waals surface area contributed by atoms with Crippen molar-refractivity contribution in [3.05, 3.63) is 65.2 Å². The molecule has 2 N–H and O–H groups in total. The van der Waals surface area contributed by atoms with Crippen LogP contribution >= 0.6 is 0 Å². The third kappa shape index (κ3) is 3.84. The van der Waals surface area contributed by atoms with Gasteiger partial charge in [0, 0.05) is 18.4 Å². The molecular weight excluding hydrogens is 340 g/mol. The summed E-state index contributed by atoms with van der Waals surface area (Å²) in [5, 5.41) is 5.77. The molecule has 0 aliphatic heterocycles. The SMILES string of the molecule is Cc1cccc(NC(=O)c2nc(C(=O)NCC(C)C)c3ccccn23)c1C. The molecular formula is C21H24N4O2. The molecule has 27 heavy (non-hydrogen) atoms. The number of amides is 2. The number of aryl methyl sites for hydroxylation is 1. The Hall–Kier alpha value is -3.15. The number of hydrogen-bond acceptors (Lipinski definition) is 3. The van der Waals surface area contributed by atoms with E-state index in [2.05, 4.69) is 15.6 Å². The van der Waals surface area contributed by atoms with E-state index < -0.39 is 0 Å². The van der Waals surface area contributed by atoms with E-state index in [9.17, 15) is 9.59 Å². The second-order valence-corrected chi connectivity index (χ2v) is 7.05. The van der Waals surface area contributed by atoms with Crippen molar-refractivity contribution in [3.8, 4) is 0 Å². The van der Waals surface area contributed by atoms with Gasteiger partial charge in [-0.05, 0) is 49.1 Å². The normalized spacial score (nSPS) is 11.0. The van der Waals surface area contributed by atoms with Crippen molar-refractivity contribution in [1.82, 2.24) is 14.7 Å². The summed E-state index contributed by atoms with van der Waals surface area (Å²) in [6.45, 7) is 8.55. The van der Waals surface area contributed by atoms with Crippen LogP contribution in [0.15, 0.2) is 42.6 Å². The Labute approximate surface area is 158 Å². The number of imidazole rings is 1. The summed E-state index contributed by atoms with van der Waals surface area (Å²) in [6.07, 6.45) is 1.74. The molecule has 0 radical (unpaired) electrons. The first kappa shape index (κ1) is 18.6. The number of benzene rings is 1. The van der Waals surface area contributed by atoms with Gasteiger partial charge >= 0.3 is 0 Å². The fourth-order valence-electron chi connectivity index (χ4n) is 2.81. The van der Waals surface area contributed by atoms with E-state index in [1.807, 2.05) is 52.0 Å². The molecule has 0 aliphatic carbocycles. The van der Waals surface area contributed by atoms with Crippen LogP contribution in [0.3, 0.4) is 0 Å². The van der Waals surface area contributed by atoms with Gasteiger partial charge in [-0.15, -0.1) is 0 Å². The number of fused-ring (bicyclic) bond motifs is 1. The lowest BCUT2D eigenvalue weighted by atomic mass is 10.1. The van der Waals surface area contributed by atoms with Crippen molar-refractivity contribution in [2.24, 2.45) is 5.92 Å². The molecule has 6 nitrogen and oxygen atoms in total. The Morgan fingerprint density at radius 2 is 1.85 bits per heavy atom. The maximum atomic E-state index is 12.9. The smallest absolute Gasteiger partial charge is 0.292 e. The van der Waals surface area contributed by atoms with E-state index in [0.29, 0.717) is 18.0 Å². The van der Waals surface area contributed by atoms with Gasteiger partial charge in [-0.3, -0.25) is 14.0 Å². The Balaban J connectivity index is 1.96. The van der Waals surface area contributed by atoms with Gasteiger partial charge in [0.05, 0.1) is 5.52 Å². The standard InChI is InChI=1S/C21H24N4O2/c1-13(2)12-22-20(26)18-17-10-5-6-11-25(17)19(24-18)21(27)23-16-9-7-8-14(3)15(16)4/h5-11,13H,12H2,1-4H3,(H,22,26)(H,23,27). The zero-order valence-electron chi connectivity index (χ0n) is 16.0. The summed E-state index contributed by atoms with van der Waals surface area (Å²) in [4.78, 5) is 29.8. The molecule has 6 heteroatoms. The summed E-state index contributed by atoms with van der Waals surface area (Å²) in [7, 11) is 0. The topological polar surface area (TPSA) is 75.5 Å². The predicted octanol–water partition coefficient (Wildman–Crippen LogP) is 3.59. The fraction of sp³-hybridized carbons (Fsp3) is 0.286. The number of pyridine rings is 1. The Morgan fingerprint density at radius 3 is 2.59 bits per heavy atom. The van der Waals surface area contributed by atoms with Gasteiger partial charge in [-0.1, -0.05) is 32.0 Å². The third-order valence-electron chi connectivity index (χ3n) is 4.49. The lowest BCUT2D eigenvalue weighted by Gasteiger charge is -2.09. The molecule has 3 rings (SSSR count). The number of carbonyl (C=O) groups excluding carboxylic acids is 2. The molecule has 2 aromatic heterocycles. The number of anilines is 1. The summed E-state index contributed by atoms with van der Waals surface area (Å²) in [5.74, 6) is -0.123. The first-order valence-corrected chi connectivity index (χ1v) is 9.01. The lowest BCUT2D eigenvalue weighted by molar-refractivity contribution is 0.0946. The van der Waals surface area contributed by atoms with Crippen LogP contribution in [0.1, 0.15) is 46.1 Å². The quantitative estimate of drug-likeness (QED) is 0.726. The molecule has 3 aromatic rings. The summed E-state index contributed by atoms with van der Waals surface area (Å²) < 4.78 is 1.64. The van der Waals surface area contributed by atoms with Gasteiger partial charge in [-0.2, -0.15) is 0 Å². The molecule has 0 aliphatic rings. The molecule has 2 heterocycles. The third-order valence-corrected chi connectivity index (χ3v) is 4.49. The molecule has 2 amide bonds. The molecule has 0 fully saturated rings. The first-order valence-electron chi connectivity index (χ1n) is 9.01. The molecule has 0 unspecified atom stereocenters. The van der Waals surface area contributed by atoms with E-state index >= 15 is 0 Å². The number of hydrogen-bond donors (Lipinski definition) is 2. The Morgan fingerprint density at radius 1 is 1.07 bits per heavy atom. The zero-order valence-corrected chi connectivity index (χ0v) is 16.0. The maximum Gasteiger partial charge on any atom is 0.292 e. The van der Waals surface area contributed by atoms with Crippen molar-refractivity contribution in [3.63, 3.8) is 0 Å². The number of nitrogens with zero attached hydrogens (tertiary/aromatic N) is 2. The average molecular weight is 364 g/mol. The van der Waals surface area contributed by atoms with E-state index in [-0.39, 0.29) is 23.3 Å². The molecule has 140 valence electrons. The fourth-order valence-corrected chi connectivity index (χ4v) is 2.81. The largest absolute Gasteiger partial charge is 0.350 e. The van der Waals surface area contributed by atoms with E-state index in [1.165, 1.54) is 0 Å². The minimum Gasteiger partial charge on any atom is -0.350 e. The maximum absolute atomic E-state index is 12.9. The number of aromatic nitrogens is 2. The van der Waals surface area contributed by atoms with Gasteiger partial charge in [0.2, 0.25) is 5.82 Å².